The van der Waals surface area contributed by atoms with Gasteiger partial charge in [-0.05, 0) is 18.9 Å². The lowest BCUT2D eigenvalue weighted by Crippen LogP contribution is -2.25. The number of nitro benzene ring substituents is 1. The van der Waals surface area contributed by atoms with Gasteiger partial charge in [0.25, 0.3) is 11.6 Å². The summed E-state index contributed by atoms with van der Waals surface area (Å²) in [6.07, 6.45) is 0.829. The molecule has 0 aliphatic heterocycles. The summed E-state index contributed by atoms with van der Waals surface area (Å²) in [6, 6.07) is 2.62. The predicted molar refractivity (Wildman–Crippen MR) is 71.4 cm³/mol. The summed E-state index contributed by atoms with van der Waals surface area (Å²) in [5, 5.41) is 21.7. The Bertz CT molecular complexity index is 561. The molecule has 2 N–H and O–H groups in total. The molecule has 21 heavy (non-hydrogen) atoms. The molecule has 0 saturated carbocycles. The number of non-ortho nitro benzene ring substituents is 1. The number of amides is 1. The van der Waals surface area contributed by atoms with Crippen LogP contribution in [0.15, 0.2) is 18.2 Å². The summed E-state index contributed by atoms with van der Waals surface area (Å²) in [5.41, 5.74) is -0.646. The van der Waals surface area contributed by atoms with E-state index in [-0.39, 0.29) is 12.1 Å². The second-order valence-corrected chi connectivity index (χ2v) is 4.59. The zero-order chi connectivity index (χ0) is 16.0. The van der Waals surface area contributed by atoms with Gasteiger partial charge in [0, 0.05) is 18.2 Å². The third kappa shape index (κ3) is 5.17. The normalized spacial score (nSPS) is 11.7. The maximum absolute atomic E-state index is 13.2. The van der Waals surface area contributed by atoms with Crippen molar-refractivity contribution in [2.75, 3.05) is 6.54 Å². The van der Waals surface area contributed by atoms with E-state index in [2.05, 4.69) is 5.32 Å². The maximum atomic E-state index is 13.2. The number of hydrogen-bond donors (Lipinski definition) is 2. The molecule has 8 heteroatoms. The van der Waals surface area contributed by atoms with Crippen LogP contribution in [0.1, 0.15) is 30.1 Å². The van der Waals surface area contributed by atoms with Crippen LogP contribution in [0.2, 0.25) is 0 Å². The molecule has 0 radical (unpaired) electrons. The number of nitrogens with one attached hydrogen (secondary N) is 1. The Kier molecular flexibility index (Phi) is 5.77. The second-order valence-electron chi connectivity index (χ2n) is 4.59. The number of hydrogen-bond acceptors (Lipinski definition) is 4. The number of carboxylic acids is 1. The summed E-state index contributed by atoms with van der Waals surface area (Å²) in [4.78, 5) is 32.1. The lowest BCUT2D eigenvalue weighted by Gasteiger charge is -2.07. The Labute approximate surface area is 119 Å². The van der Waals surface area contributed by atoms with Gasteiger partial charge < -0.3 is 10.4 Å². The number of carbonyl (C=O) groups excluding carboxylic acids is 1. The Hall–Kier alpha value is -2.51. The van der Waals surface area contributed by atoms with Crippen LogP contribution in [-0.2, 0) is 4.79 Å². The first kappa shape index (κ1) is 16.5. The zero-order valence-corrected chi connectivity index (χ0v) is 11.3. The minimum absolute atomic E-state index is 0.145. The van der Waals surface area contributed by atoms with Crippen LogP contribution < -0.4 is 5.32 Å². The van der Waals surface area contributed by atoms with E-state index in [1.807, 2.05) is 0 Å². The predicted octanol–water partition coefficient (Wildman–Crippen LogP) is 1.96. The lowest BCUT2D eigenvalue weighted by molar-refractivity contribution is -0.385. The van der Waals surface area contributed by atoms with Gasteiger partial charge >= 0.3 is 5.97 Å². The molecule has 0 fully saturated rings. The van der Waals surface area contributed by atoms with Gasteiger partial charge in [-0.3, -0.25) is 19.7 Å². The minimum Gasteiger partial charge on any atom is -0.481 e. The average molecular weight is 298 g/mol. The minimum atomic E-state index is -0.915. The van der Waals surface area contributed by atoms with Crippen molar-refractivity contribution < 1.29 is 24.0 Å². The molecule has 1 aromatic rings. The molecule has 0 aliphatic rings. The Morgan fingerprint density at radius 3 is 2.67 bits per heavy atom. The van der Waals surface area contributed by atoms with E-state index in [1.165, 1.54) is 0 Å². The Balaban J connectivity index is 2.56. The van der Waals surface area contributed by atoms with E-state index in [4.69, 9.17) is 5.11 Å². The number of nitrogens with zero attached hydrogens (tertiary/aromatic N) is 1. The van der Waals surface area contributed by atoms with Crippen molar-refractivity contribution in [3.8, 4) is 0 Å². The van der Waals surface area contributed by atoms with E-state index in [0.717, 1.165) is 18.2 Å². The number of carboxylic acid groups (broad SMARTS) is 1. The van der Waals surface area contributed by atoms with Gasteiger partial charge in [-0.15, -0.1) is 0 Å². The van der Waals surface area contributed by atoms with Crippen molar-refractivity contribution in [3.05, 3.63) is 39.7 Å². The van der Waals surface area contributed by atoms with E-state index < -0.39 is 34.2 Å². The number of halogens is 1. The maximum Gasteiger partial charge on any atom is 0.306 e. The number of aliphatic carboxylic acids is 1. The highest BCUT2D eigenvalue weighted by atomic mass is 19.1. The smallest absolute Gasteiger partial charge is 0.306 e. The van der Waals surface area contributed by atoms with Gasteiger partial charge in [-0.1, -0.05) is 6.92 Å². The highest BCUT2D eigenvalue weighted by Gasteiger charge is 2.15. The molecule has 0 bridgehead atoms. The van der Waals surface area contributed by atoms with E-state index in [1.54, 1.807) is 6.92 Å². The molecule has 1 amide bonds. The molecule has 0 saturated heterocycles. The summed E-state index contributed by atoms with van der Waals surface area (Å²) >= 11 is 0. The first-order valence-electron chi connectivity index (χ1n) is 6.27. The molecule has 0 aliphatic carbocycles. The molecule has 114 valence electrons. The van der Waals surface area contributed by atoms with Crippen molar-refractivity contribution in [1.29, 1.82) is 0 Å². The van der Waals surface area contributed by atoms with Crippen LogP contribution in [-0.4, -0.2) is 28.5 Å². The zero-order valence-electron chi connectivity index (χ0n) is 11.3. The monoisotopic (exact) mass is 298 g/mol. The van der Waals surface area contributed by atoms with Crippen molar-refractivity contribution in [3.63, 3.8) is 0 Å². The number of benzene rings is 1. The molecular weight excluding hydrogens is 283 g/mol. The molecule has 0 heterocycles. The van der Waals surface area contributed by atoms with E-state index >= 15 is 0 Å². The first-order valence-corrected chi connectivity index (χ1v) is 6.27. The molecular formula is C13H15FN2O5. The highest BCUT2D eigenvalue weighted by molar-refractivity contribution is 5.94. The van der Waals surface area contributed by atoms with Gasteiger partial charge in [0.2, 0.25) is 0 Å². The molecule has 1 unspecified atom stereocenters. The van der Waals surface area contributed by atoms with Crippen molar-refractivity contribution >= 4 is 17.6 Å². The van der Waals surface area contributed by atoms with Crippen LogP contribution in [0.3, 0.4) is 0 Å². The SMILES string of the molecule is CC(CCCNC(=O)c1cc(F)cc([N+](=O)[O-])c1)C(=O)O. The van der Waals surface area contributed by atoms with Crippen molar-refractivity contribution in [2.24, 2.45) is 5.92 Å². The Morgan fingerprint density at radius 2 is 2.10 bits per heavy atom. The quantitative estimate of drug-likeness (QED) is 0.454. The number of rotatable bonds is 7. The average Bonchev–Trinajstić information content (AvgIpc) is 2.42. The van der Waals surface area contributed by atoms with Gasteiger partial charge in [0.1, 0.15) is 5.82 Å². The standard InChI is InChI=1S/C13H15FN2O5/c1-8(13(18)19)3-2-4-15-12(17)9-5-10(14)7-11(6-9)16(20)21/h5-8H,2-4H2,1H3,(H,15,17)(H,18,19). The molecule has 1 aromatic carbocycles. The second kappa shape index (κ2) is 7.32. The van der Waals surface area contributed by atoms with E-state index in [0.29, 0.717) is 12.8 Å². The summed E-state index contributed by atoms with van der Waals surface area (Å²) in [6.45, 7) is 1.76. The first-order chi connectivity index (χ1) is 9.81. The van der Waals surface area contributed by atoms with Gasteiger partial charge in [0.15, 0.2) is 0 Å². The molecule has 7 nitrogen and oxygen atoms in total. The number of carbonyl (C=O) groups is 2. The Morgan fingerprint density at radius 1 is 1.43 bits per heavy atom. The third-order valence-corrected chi connectivity index (χ3v) is 2.88. The van der Waals surface area contributed by atoms with Gasteiger partial charge in [0.05, 0.1) is 16.9 Å². The summed E-state index contributed by atoms with van der Waals surface area (Å²) in [5.74, 6) is -2.94. The largest absolute Gasteiger partial charge is 0.481 e. The molecule has 0 spiro atoms. The van der Waals surface area contributed by atoms with Gasteiger partial charge in [-0.25, -0.2) is 4.39 Å². The van der Waals surface area contributed by atoms with E-state index in [9.17, 15) is 24.1 Å². The highest BCUT2D eigenvalue weighted by Crippen LogP contribution is 2.16. The molecule has 1 atom stereocenters. The van der Waals surface area contributed by atoms with Crippen molar-refractivity contribution in [2.45, 2.75) is 19.8 Å². The topological polar surface area (TPSA) is 110 Å². The van der Waals surface area contributed by atoms with Crippen molar-refractivity contribution in [1.82, 2.24) is 5.32 Å². The van der Waals surface area contributed by atoms with Crippen LogP contribution >= 0.6 is 0 Å². The third-order valence-electron chi connectivity index (χ3n) is 2.88. The van der Waals surface area contributed by atoms with Crippen LogP contribution in [0.25, 0.3) is 0 Å². The van der Waals surface area contributed by atoms with Crippen LogP contribution in [0.4, 0.5) is 10.1 Å². The summed E-state index contributed by atoms with van der Waals surface area (Å²) < 4.78 is 13.2. The van der Waals surface area contributed by atoms with Crippen LogP contribution in [0, 0.1) is 21.8 Å². The van der Waals surface area contributed by atoms with Gasteiger partial charge in [-0.2, -0.15) is 0 Å². The fourth-order valence-electron chi connectivity index (χ4n) is 1.65. The molecule has 0 aromatic heterocycles. The summed E-state index contributed by atoms with van der Waals surface area (Å²) in [7, 11) is 0. The number of nitro groups is 1. The molecule has 1 rings (SSSR count). The fourth-order valence-corrected chi connectivity index (χ4v) is 1.65. The lowest BCUT2D eigenvalue weighted by atomic mass is 10.1. The fraction of sp³-hybridized carbons (Fsp3) is 0.385. The van der Waals surface area contributed by atoms with Crippen LogP contribution in [0.5, 0.6) is 0 Å².